The molecule has 23 heavy (non-hydrogen) atoms. The Morgan fingerprint density at radius 1 is 1.09 bits per heavy atom. The molecule has 0 unspecified atom stereocenters. The van der Waals surface area contributed by atoms with E-state index in [4.69, 9.17) is 4.74 Å². The van der Waals surface area contributed by atoms with E-state index in [1.54, 1.807) is 30.3 Å². The number of anilines is 1. The number of halogens is 1. The normalized spacial score (nSPS) is 11.4. The molecule has 1 N–H and O–H groups in total. The maximum atomic E-state index is 13.8. The summed E-state index contributed by atoms with van der Waals surface area (Å²) in [5.41, 5.74) is 0.400. The Kier molecular flexibility index (Phi) is 3.87. The lowest BCUT2D eigenvalue weighted by atomic mass is 10.2. The summed E-state index contributed by atoms with van der Waals surface area (Å²) < 4.78 is 46.4. The smallest absolute Gasteiger partial charge is 0.262 e. The third-order valence-corrected chi connectivity index (χ3v) is 4.75. The van der Waals surface area contributed by atoms with Gasteiger partial charge in [-0.05, 0) is 48.5 Å². The standard InChI is InChI=1S/C16H13FN2O3S/c1-22-12-6-4-11(5-7-12)19-23(20,21)15-9-8-14(17)16-13(15)3-2-10-18-16/h2-10,19H,1H3. The molecule has 2 aromatic carbocycles. The molecule has 0 spiro atoms. The van der Waals surface area contributed by atoms with E-state index in [0.717, 1.165) is 6.07 Å². The van der Waals surface area contributed by atoms with Crippen LogP contribution in [0.3, 0.4) is 0 Å². The first-order chi connectivity index (χ1) is 11.0. The lowest BCUT2D eigenvalue weighted by molar-refractivity contribution is 0.415. The maximum Gasteiger partial charge on any atom is 0.262 e. The lowest BCUT2D eigenvalue weighted by Crippen LogP contribution is -2.13. The van der Waals surface area contributed by atoms with Gasteiger partial charge in [-0.25, -0.2) is 12.8 Å². The van der Waals surface area contributed by atoms with Crippen LogP contribution >= 0.6 is 0 Å². The number of pyridine rings is 1. The molecule has 0 fully saturated rings. The molecular weight excluding hydrogens is 319 g/mol. The molecule has 0 bridgehead atoms. The van der Waals surface area contributed by atoms with Crippen LogP contribution in [0.2, 0.25) is 0 Å². The molecule has 0 saturated heterocycles. The Morgan fingerprint density at radius 2 is 1.83 bits per heavy atom. The number of nitrogens with one attached hydrogen (secondary N) is 1. The van der Waals surface area contributed by atoms with Crippen LogP contribution in [0.5, 0.6) is 5.75 Å². The molecule has 0 aliphatic rings. The van der Waals surface area contributed by atoms with Gasteiger partial charge in [0, 0.05) is 17.3 Å². The Hall–Kier alpha value is -2.67. The summed E-state index contributed by atoms with van der Waals surface area (Å²) in [5, 5.41) is 0.230. The van der Waals surface area contributed by atoms with E-state index in [1.807, 2.05) is 0 Å². The molecule has 1 heterocycles. The van der Waals surface area contributed by atoms with Crippen molar-refractivity contribution in [1.29, 1.82) is 0 Å². The zero-order valence-corrected chi connectivity index (χ0v) is 13.0. The number of hydrogen-bond donors (Lipinski definition) is 1. The predicted octanol–water partition coefficient (Wildman–Crippen LogP) is 3.18. The highest BCUT2D eigenvalue weighted by Gasteiger charge is 2.19. The summed E-state index contributed by atoms with van der Waals surface area (Å²) in [6.07, 6.45) is 1.42. The van der Waals surface area contributed by atoms with Crippen molar-refractivity contribution in [3.05, 3.63) is 60.5 Å². The monoisotopic (exact) mass is 332 g/mol. The van der Waals surface area contributed by atoms with Crippen molar-refractivity contribution in [1.82, 2.24) is 4.98 Å². The van der Waals surface area contributed by atoms with Crippen LogP contribution in [0.15, 0.2) is 59.6 Å². The Bertz CT molecular complexity index is 957. The van der Waals surface area contributed by atoms with E-state index in [0.29, 0.717) is 11.4 Å². The number of sulfonamides is 1. The third kappa shape index (κ3) is 2.95. The van der Waals surface area contributed by atoms with Gasteiger partial charge in [0.25, 0.3) is 10.0 Å². The van der Waals surface area contributed by atoms with Crippen LogP contribution in [0.25, 0.3) is 10.9 Å². The first-order valence-corrected chi connectivity index (χ1v) is 8.20. The highest BCUT2D eigenvalue weighted by atomic mass is 32.2. The molecule has 0 amide bonds. The van der Waals surface area contributed by atoms with Crippen LogP contribution in [0, 0.1) is 5.82 Å². The quantitative estimate of drug-likeness (QED) is 0.797. The van der Waals surface area contributed by atoms with E-state index in [2.05, 4.69) is 9.71 Å². The molecule has 1 aromatic heterocycles. The van der Waals surface area contributed by atoms with Crippen molar-refractivity contribution in [2.24, 2.45) is 0 Å². The Morgan fingerprint density at radius 3 is 2.52 bits per heavy atom. The minimum atomic E-state index is -3.87. The highest BCUT2D eigenvalue weighted by molar-refractivity contribution is 7.93. The summed E-state index contributed by atoms with van der Waals surface area (Å²) in [5.74, 6) is 0.0494. The summed E-state index contributed by atoms with van der Waals surface area (Å²) in [7, 11) is -2.35. The summed E-state index contributed by atoms with van der Waals surface area (Å²) >= 11 is 0. The van der Waals surface area contributed by atoms with Gasteiger partial charge in [0.2, 0.25) is 0 Å². The van der Waals surface area contributed by atoms with Crippen LogP contribution in [-0.2, 0) is 10.0 Å². The van der Waals surface area contributed by atoms with Crippen molar-refractivity contribution < 1.29 is 17.5 Å². The van der Waals surface area contributed by atoms with Crippen LogP contribution < -0.4 is 9.46 Å². The topological polar surface area (TPSA) is 68.3 Å². The first kappa shape index (κ1) is 15.2. The van der Waals surface area contributed by atoms with Crippen molar-refractivity contribution in [3.63, 3.8) is 0 Å². The molecule has 5 nitrogen and oxygen atoms in total. The lowest BCUT2D eigenvalue weighted by Gasteiger charge is -2.11. The van der Waals surface area contributed by atoms with Crippen molar-refractivity contribution >= 4 is 26.6 Å². The molecule has 0 radical (unpaired) electrons. The molecule has 118 valence electrons. The molecule has 0 aliphatic carbocycles. The first-order valence-electron chi connectivity index (χ1n) is 6.71. The van der Waals surface area contributed by atoms with Crippen LogP contribution in [-0.4, -0.2) is 20.5 Å². The minimum absolute atomic E-state index is 0.0186. The fraction of sp³-hybridized carbons (Fsp3) is 0.0625. The van der Waals surface area contributed by atoms with Gasteiger partial charge in [-0.15, -0.1) is 0 Å². The van der Waals surface area contributed by atoms with Gasteiger partial charge in [-0.3, -0.25) is 9.71 Å². The van der Waals surface area contributed by atoms with E-state index in [9.17, 15) is 12.8 Å². The van der Waals surface area contributed by atoms with Crippen LogP contribution in [0.4, 0.5) is 10.1 Å². The number of methoxy groups -OCH3 is 1. The largest absolute Gasteiger partial charge is 0.497 e. The van der Waals surface area contributed by atoms with Gasteiger partial charge < -0.3 is 4.74 Å². The number of rotatable bonds is 4. The second-order valence-corrected chi connectivity index (χ2v) is 6.43. The molecule has 3 aromatic rings. The van der Waals surface area contributed by atoms with Gasteiger partial charge in [-0.1, -0.05) is 0 Å². The van der Waals surface area contributed by atoms with Gasteiger partial charge in [0.1, 0.15) is 17.1 Å². The van der Waals surface area contributed by atoms with E-state index in [1.165, 1.54) is 25.4 Å². The van der Waals surface area contributed by atoms with Crippen molar-refractivity contribution in [2.45, 2.75) is 4.90 Å². The second kappa shape index (κ2) is 5.85. The fourth-order valence-corrected chi connectivity index (χ4v) is 3.47. The number of aromatic nitrogens is 1. The molecule has 7 heteroatoms. The molecule has 0 saturated carbocycles. The van der Waals surface area contributed by atoms with Crippen molar-refractivity contribution in [2.75, 3.05) is 11.8 Å². The molecular formula is C16H13FN2O3S. The van der Waals surface area contributed by atoms with Crippen molar-refractivity contribution in [3.8, 4) is 5.75 Å². The predicted molar refractivity (Wildman–Crippen MR) is 85.5 cm³/mol. The maximum absolute atomic E-state index is 13.8. The fourth-order valence-electron chi connectivity index (χ4n) is 2.22. The van der Waals surface area contributed by atoms with E-state index < -0.39 is 15.8 Å². The number of nitrogens with zero attached hydrogens (tertiary/aromatic N) is 1. The zero-order chi connectivity index (χ0) is 16.4. The number of ether oxygens (including phenoxy) is 1. The molecule has 0 atom stereocenters. The second-order valence-electron chi connectivity index (χ2n) is 4.78. The average Bonchev–Trinajstić information content (AvgIpc) is 2.55. The number of fused-ring (bicyclic) bond motifs is 1. The van der Waals surface area contributed by atoms with Crippen LogP contribution in [0.1, 0.15) is 0 Å². The summed E-state index contributed by atoms with van der Waals surface area (Å²) in [6, 6.07) is 11.9. The number of benzene rings is 2. The average molecular weight is 332 g/mol. The molecule has 0 aliphatic heterocycles. The van der Waals surface area contributed by atoms with Gasteiger partial charge in [0.05, 0.1) is 12.0 Å². The number of hydrogen-bond acceptors (Lipinski definition) is 4. The van der Waals surface area contributed by atoms with Gasteiger partial charge >= 0.3 is 0 Å². The Labute approximate surface area is 132 Å². The van der Waals surface area contributed by atoms with E-state index >= 15 is 0 Å². The molecule has 3 rings (SSSR count). The van der Waals surface area contributed by atoms with Gasteiger partial charge in [-0.2, -0.15) is 0 Å². The zero-order valence-electron chi connectivity index (χ0n) is 12.2. The Balaban J connectivity index is 2.04. The highest BCUT2D eigenvalue weighted by Crippen LogP contribution is 2.26. The SMILES string of the molecule is COc1ccc(NS(=O)(=O)c2ccc(F)c3ncccc23)cc1. The minimum Gasteiger partial charge on any atom is -0.497 e. The van der Waals surface area contributed by atoms with E-state index in [-0.39, 0.29) is 15.8 Å². The summed E-state index contributed by atoms with van der Waals surface area (Å²) in [4.78, 5) is 3.87. The third-order valence-electron chi connectivity index (χ3n) is 3.31. The summed E-state index contributed by atoms with van der Waals surface area (Å²) in [6.45, 7) is 0. The van der Waals surface area contributed by atoms with Gasteiger partial charge in [0.15, 0.2) is 0 Å².